The van der Waals surface area contributed by atoms with Gasteiger partial charge in [-0.2, -0.15) is 0 Å². The van der Waals surface area contributed by atoms with E-state index in [2.05, 4.69) is 16.5 Å². The molecule has 4 aliphatic carbocycles. The first kappa shape index (κ1) is 11.0. The predicted octanol–water partition coefficient (Wildman–Crippen LogP) is 2.83. The van der Waals surface area contributed by atoms with E-state index < -0.39 is 0 Å². The summed E-state index contributed by atoms with van der Waals surface area (Å²) in [5.41, 5.74) is 7.72. The molecule has 0 radical (unpaired) electrons. The standard InChI is InChI=1S/C15H23N3/c1-10(16)14-8-17-9-18(14)15-5-11-2-12(6-15)4-13(3-11)7-15/h8-13H,2-7,16H2,1H3. The van der Waals surface area contributed by atoms with Crippen LogP contribution in [0.5, 0.6) is 0 Å². The summed E-state index contributed by atoms with van der Waals surface area (Å²) in [6.45, 7) is 2.08. The molecule has 0 aromatic carbocycles. The second-order valence-electron chi connectivity index (χ2n) is 7.12. The number of nitrogens with zero attached hydrogens (tertiary/aromatic N) is 2. The van der Waals surface area contributed by atoms with Gasteiger partial charge in [0.15, 0.2) is 0 Å². The minimum absolute atomic E-state index is 0.0977. The molecule has 98 valence electrons. The van der Waals surface area contributed by atoms with Gasteiger partial charge in [-0.25, -0.2) is 4.98 Å². The maximum Gasteiger partial charge on any atom is 0.0953 e. The molecule has 4 aliphatic rings. The second-order valence-corrected chi connectivity index (χ2v) is 7.12. The third-order valence-electron chi connectivity index (χ3n) is 5.65. The van der Waals surface area contributed by atoms with Crippen LogP contribution < -0.4 is 5.73 Å². The lowest BCUT2D eigenvalue weighted by Crippen LogP contribution is -2.52. The van der Waals surface area contributed by atoms with E-state index in [1.807, 2.05) is 12.5 Å². The van der Waals surface area contributed by atoms with Crippen LogP contribution in [0.25, 0.3) is 0 Å². The van der Waals surface area contributed by atoms with Gasteiger partial charge in [0, 0.05) is 17.8 Å². The van der Waals surface area contributed by atoms with Crippen LogP contribution in [0.15, 0.2) is 12.5 Å². The van der Waals surface area contributed by atoms with Gasteiger partial charge in [0.05, 0.1) is 12.0 Å². The molecule has 0 aliphatic heterocycles. The van der Waals surface area contributed by atoms with Crippen molar-refractivity contribution in [2.75, 3.05) is 0 Å². The highest BCUT2D eigenvalue weighted by Crippen LogP contribution is 2.59. The van der Waals surface area contributed by atoms with Crippen LogP contribution in [0.2, 0.25) is 0 Å². The van der Waals surface area contributed by atoms with E-state index in [9.17, 15) is 0 Å². The monoisotopic (exact) mass is 245 g/mol. The summed E-state index contributed by atoms with van der Waals surface area (Å²) in [5, 5.41) is 0. The fraction of sp³-hybridized carbons (Fsp3) is 0.800. The highest BCUT2D eigenvalue weighted by atomic mass is 15.1. The number of imidazole rings is 1. The van der Waals surface area contributed by atoms with Crippen LogP contribution in [0.1, 0.15) is 57.2 Å². The zero-order chi connectivity index (χ0) is 12.3. The molecule has 5 rings (SSSR count). The highest BCUT2D eigenvalue weighted by molar-refractivity contribution is 5.13. The number of rotatable bonds is 2. The molecular weight excluding hydrogens is 222 g/mol. The number of hydrogen-bond donors (Lipinski definition) is 1. The second kappa shape index (κ2) is 3.60. The Hall–Kier alpha value is -0.830. The average Bonchev–Trinajstić information content (AvgIpc) is 2.76. The lowest BCUT2D eigenvalue weighted by Gasteiger charge is -2.57. The van der Waals surface area contributed by atoms with E-state index in [4.69, 9.17) is 5.73 Å². The highest BCUT2D eigenvalue weighted by Gasteiger charge is 2.52. The lowest BCUT2D eigenvalue weighted by atomic mass is 9.53. The molecule has 0 saturated heterocycles. The summed E-state index contributed by atoms with van der Waals surface area (Å²) >= 11 is 0. The largest absolute Gasteiger partial charge is 0.327 e. The van der Waals surface area contributed by atoms with E-state index in [0.717, 1.165) is 17.8 Å². The molecule has 18 heavy (non-hydrogen) atoms. The van der Waals surface area contributed by atoms with Gasteiger partial charge in [-0.3, -0.25) is 0 Å². The molecule has 4 saturated carbocycles. The zero-order valence-electron chi connectivity index (χ0n) is 11.2. The zero-order valence-corrected chi connectivity index (χ0v) is 11.2. The number of hydrogen-bond acceptors (Lipinski definition) is 2. The third-order valence-corrected chi connectivity index (χ3v) is 5.65. The molecule has 2 N–H and O–H groups in total. The minimum Gasteiger partial charge on any atom is -0.327 e. The summed E-state index contributed by atoms with van der Waals surface area (Å²) < 4.78 is 2.46. The van der Waals surface area contributed by atoms with Crippen molar-refractivity contribution in [2.45, 2.75) is 57.0 Å². The summed E-state index contributed by atoms with van der Waals surface area (Å²) in [7, 11) is 0. The van der Waals surface area contributed by atoms with Gasteiger partial charge in [-0.15, -0.1) is 0 Å². The maximum atomic E-state index is 6.12. The van der Waals surface area contributed by atoms with E-state index in [1.165, 1.54) is 44.2 Å². The van der Waals surface area contributed by atoms with Crippen molar-refractivity contribution in [3.63, 3.8) is 0 Å². The summed E-state index contributed by atoms with van der Waals surface area (Å²) in [4.78, 5) is 4.38. The molecule has 1 unspecified atom stereocenters. The van der Waals surface area contributed by atoms with Crippen molar-refractivity contribution < 1.29 is 0 Å². The normalized spacial score (nSPS) is 43.3. The van der Waals surface area contributed by atoms with Crippen molar-refractivity contribution in [1.82, 2.24) is 9.55 Å². The van der Waals surface area contributed by atoms with Crippen LogP contribution in [-0.2, 0) is 5.54 Å². The lowest BCUT2D eigenvalue weighted by molar-refractivity contribution is -0.0446. The Morgan fingerprint density at radius 3 is 2.28 bits per heavy atom. The average molecular weight is 245 g/mol. The smallest absolute Gasteiger partial charge is 0.0953 e. The predicted molar refractivity (Wildman–Crippen MR) is 71.0 cm³/mol. The third kappa shape index (κ3) is 1.43. The molecule has 3 nitrogen and oxygen atoms in total. The summed E-state index contributed by atoms with van der Waals surface area (Å²) in [5.74, 6) is 2.92. The van der Waals surface area contributed by atoms with Crippen molar-refractivity contribution in [3.05, 3.63) is 18.2 Å². The topological polar surface area (TPSA) is 43.8 Å². The first-order valence-electron chi connectivity index (χ1n) is 7.44. The van der Waals surface area contributed by atoms with Crippen molar-refractivity contribution in [1.29, 1.82) is 0 Å². The fourth-order valence-corrected chi connectivity index (χ4v) is 5.40. The van der Waals surface area contributed by atoms with Gasteiger partial charge in [0.25, 0.3) is 0 Å². The Kier molecular flexibility index (Phi) is 2.20. The van der Waals surface area contributed by atoms with Crippen molar-refractivity contribution in [3.8, 4) is 0 Å². The van der Waals surface area contributed by atoms with E-state index in [0.29, 0.717) is 5.54 Å². The first-order valence-corrected chi connectivity index (χ1v) is 7.44. The van der Waals surface area contributed by atoms with Crippen LogP contribution in [-0.4, -0.2) is 9.55 Å². The van der Waals surface area contributed by atoms with Crippen LogP contribution in [0.3, 0.4) is 0 Å². The van der Waals surface area contributed by atoms with E-state index in [-0.39, 0.29) is 6.04 Å². The van der Waals surface area contributed by atoms with Gasteiger partial charge in [0.2, 0.25) is 0 Å². The fourth-order valence-electron chi connectivity index (χ4n) is 5.40. The quantitative estimate of drug-likeness (QED) is 0.870. The molecule has 4 bridgehead atoms. The Labute approximate surface area is 109 Å². The van der Waals surface area contributed by atoms with Crippen molar-refractivity contribution in [2.24, 2.45) is 23.5 Å². The van der Waals surface area contributed by atoms with Crippen LogP contribution in [0.4, 0.5) is 0 Å². The SMILES string of the molecule is CC(N)c1cncn1C12CC3CC(CC(C3)C1)C2. The maximum absolute atomic E-state index is 6.12. The summed E-state index contributed by atoms with van der Waals surface area (Å²) in [6.07, 6.45) is 12.6. The van der Waals surface area contributed by atoms with E-state index >= 15 is 0 Å². The van der Waals surface area contributed by atoms with Gasteiger partial charge in [0.1, 0.15) is 0 Å². The number of aromatic nitrogens is 2. The molecule has 4 fully saturated rings. The Bertz CT molecular complexity index is 425. The van der Waals surface area contributed by atoms with Gasteiger partial charge in [-0.1, -0.05) is 0 Å². The molecule has 1 heterocycles. The number of nitrogens with two attached hydrogens (primary N) is 1. The molecule has 1 aromatic heterocycles. The molecule has 1 atom stereocenters. The Balaban J connectivity index is 1.77. The van der Waals surface area contributed by atoms with Gasteiger partial charge >= 0.3 is 0 Å². The Morgan fingerprint density at radius 1 is 1.22 bits per heavy atom. The van der Waals surface area contributed by atoms with Crippen molar-refractivity contribution >= 4 is 0 Å². The van der Waals surface area contributed by atoms with Gasteiger partial charge in [-0.05, 0) is 63.2 Å². The molecule has 0 spiro atoms. The van der Waals surface area contributed by atoms with Crippen LogP contribution >= 0.6 is 0 Å². The van der Waals surface area contributed by atoms with Gasteiger partial charge < -0.3 is 10.3 Å². The summed E-state index contributed by atoms with van der Waals surface area (Å²) in [6, 6.07) is 0.0977. The minimum atomic E-state index is 0.0977. The molecule has 1 aromatic rings. The van der Waals surface area contributed by atoms with Crippen LogP contribution in [0, 0.1) is 17.8 Å². The molecule has 0 amide bonds. The first-order chi connectivity index (χ1) is 8.66. The van der Waals surface area contributed by atoms with E-state index in [1.54, 1.807) is 0 Å². The molecular formula is C15H23N3. The Morgan fingerprint density at radius 2 is 1.78 bits per heavy atom. The molecule has 3 heteroatoms.